The molecule has 0 aliphatic carbocycles. The van der Waals surface area contributed by atoms with Crippen LogP contribution in [0.25, 0.3) is 22.1 Å². The SMILES string of the molecule is COC(=O)c1cccc2nc(NC(C)c3cc4cnccc4o3)oc12. The highest BCUT2D eigenvalue weighted by Gasteiger charge is 2.18. The Balaban J connectivity index is 1.64. The van der Waals surface area contributed by atoms with E-state index in [-0.39, 0.29) is 6.04 Å². The van der Waals surface area contributed by atoms with Crippen LogP contribution in [0.4, 0.5) is 6.01 Å². The molecule has 3 heterocycles. The van der Waals surface area contributed by atoms with Crippen LogP contribution in [0.15, 0.2) is 51.6 Å². The lowest BCUT2D eigenvalue weighted by molar-refractivity contribution is 0.0602. The Morgan fingerprint density at radius 1 is 1.28 bits per heavy atom. The number of methoxy groups -OCH3 is 1. The summed E-state index contributed by atoms with van der Waals surface area (Å²) in [5.41, 5.74) is 2.07. The van der Waals surface area contributed by atoms with Crippen molar-refractivity contribution in [2.75, 3.05) is 12.4 Å². The Kier molecular flexibility index (Phi) is 3.61. The number of esters is 1. The van der Waals surface area contributed by atoms with E-state index < -0.39 is 5.97 Å². The van der Waals surface area contributed by atoms with Gasteiger partial charge in [0.05, 0.1) is 13.2 Å². The van der Waals surface area contributed by atoms with Crippen molar-refractivity contribution in [1.82, 2.24) is 9.97 Å². The fourth-order valence-electron chi connectivity index (χ4n) is 2.66. The van der Waals surface area contributed by atoms with E-state index in [2.05, 4.69) is 15.3 Å². The van der Waals surface area contributed by atoms with Crippen LogP contribution < -0.4 is 5.32 Å². The topological polar surface area (TPSA) is 90.4 Å². The van der Waals surface area contributed by atoms with E-state index in [1.165, 1.54) is 7.11 Å². The maximum atomic E-state index is 11.8. The van der Waals surface area contributed by atoms with Gasteiger partial charge < -0.3 is 18.9 Å². The van der Waals surface area contributed by atoms with Gasteiger partial charge in [0, 0.05) is 17.8 Å². The molecular formula is C18H15N3O4. The second kappa shape index (κ2) is 5.94. The molecule has 4 rings (SSSR count). The number of hydrogen-bond donors (Lipinski definition) is 1. The van der Waals surface area contributed by atoms with Crippen molar-refractivity contribution in [2.45, 2.75) is 13.0 Å². The number of nitrogens with one attached hydrogen (secondary N) is 1. The number of anilines is 1. The maximum Gasteiger partial charge on any atom is 0.341 e. The summed E-state index contributed by atoms with van der Waals surface area (Å²) in [6.07, 6.45) is 3.43. The van der Waals surface area contributed by atoms with Gasteiger partial charge in [-0.3, -0.25) is 4.98 Å². The number of ether oxygens (including phenoxy) is 1. The number of aromatic nitrogens is 2. The van der Waals surface area contributed by atoms with Gasteiger partial charge in [0.2, 0.25) is 0 Å². The number of benzene rings is 1. The van der Waals surface area contributed by atoms with E-state index in [0.717, 1.165) is 16.7 Å². The molecule has 0 radical (unpaired) electrons. The molecule has 1 unspecified atom stereocenters. The zero-order chi connectivity index (χ0) is 17.4. The van der Waals surface area contributed by atoms with Crippen LogP contribution in [0.1, 0.15) is 29.1 Å². The smallest absolute Gasteiger partial charge is 0.341 e. The second-order valence-corrected chi connectivity index (χ2v) is 5.59. The molecule has 1 aromatic carbocycles. The fraction of sp³-hybridized carbons (Fsp3) is 0.167. The monoisotopic (exact) mass is 337 g/mol. The van der Waals surface area contributed by atoms with E-state index >= 15 is 0 Å². The first-order valence-electron chi connectivity index (χ1n) is 7.73. The zero-order valence-electron chi connectivity index (χ0n) is 13.6. The Bertz CT molecular complexity index is 1030. The molecule has 1 atom stereocenters. The summed E-state index contributed by atoms with van der Waals surface area (Å²) in [6, 6.07) is 9.00. The molecule has 0 aliphatic heterocycles. The third-order valence-electron chi connectivity index (χ3n) is 3.92. The number of para-hydroxylation sites is 1. The number of nitrogens with zero attached hydrogens (tertiary/aromatic N) is 2. The molecule has 0 amide bonds. The normalized spacial score (nSPS) is 12.4. The fourth-order valence-corrected chi connectivity index (χ4v) is 2.66. The van der Waals surface area contributed by atoms with E-state index in [0.29, 0.717) is 22.7 Å². The molecule has 0 saturated heterocycles. The molecule has 0 saturated carbocycles. The number of fused-ring (bicyclic) bond motifs is 2. The molecule has 0 bridgehead atoms. The van der Waals surface area contributed by atoms with Gasteiger partial charge in [0.15, 0.2) is 5.58 Å². The molecule has 7 nitrogen and oxygen atoms in total. The summed E-state index contributed by atoms with van der Waals surface area (Å²) in [4.78, 5) is 20.3. The molecule has 0 fully saturated rings. The number of hydrogen-bond acceptors (Lipinski definition) is 7. The lowest BCUT2D eigenvalue weighted by atomic mass is 10.2. The summed E-state index contributed by atoms with van der Waals surface area (Å²) in [5.74, 6) is 0.268. The highest BCUT2D eigenvalue weighted by Crippen LogP contribution is 2.28. The third-order valence-corrected chi connectivity index (χ3v) is 3.92. The Morgan fingerprint density at radius 2 is 2.16 bits per heavy atom. The number of furan rings is 1. The van der Waals surface area contributed by atoms with Crippen molar-refractivity contribution in [1.29, 1.82) is 0 Å². The lowest BCUT2D eigenvalue weighted by Crippen LogP contribution is -2.05. The number of rotatable bonds is 4. The minimum atomic E-state index is -0.467. The molecule has 1 N–H and O–H groups in total. The van der Waals surface area contributed by atoms with Gasteiger partial charge >= 0.3 is 5.97 Å². The van der Waals surface area contributed by atoms with E-state index in [9.17, 15) is 4.79 Å². The predicted octanol–water partition coefficient (Wildman–Crippen LogP) is 3.93. The standard InChI is InChI=1S/C18H15N3O4/c1-10(15-8-11-9-19-7-6-14(11)24-15)20-18-21-13-5-3-4-12(16(13)25-18)17(22)23-2/h3-10H,1-2H3,(H,20,21). The van der Waals surface area contributed by atoms with E-state index in [4.69, 9.17) is 13.6 Å². The molecule has 0 spiro atoms. The minimum absolute atomic E-state index is 0.179. The summed E-state index contributed by atoms with van der Waals surface area (Å²) >= 11 is 0. The van der Waals surface area contributed by atoms with Gasteiger partial charge in [0.25, 0.3) is 6.01 Å². The van der Waals surface area contributed by atoms with Crippen molar-refractivity contribution < 1.29 is 18.4 Å². The summed E-state index contributed by atoms with van der Waals surface area (Å²) in [5, 5.41) is 4.08. The summed E-state index contributed by atoms with van der Waals surface area (Å²) < 4.78 is 16.3. The van der Waals surface area contributed by atoms with Gasteiger partial charge in [-0.2, -0.15) is 4.98 Å². The van der Waals surface area contributed by atoms with Gasteiger partial charge in [-0.15, -0.1) is 0 Å². The van der Waals surface area contributed by atoms with Gasteiger partial charge in [-0.25, -0.2) is 4.79 Å². The van der Waals surface area contributed by atoms with Crippen molar-refractivity contribution >= 4 is 34.1 Å². The van der Waals surface area contributed by atoms with Crippen LogP contribution in [-0.4, -0.2) is 23.0 Å². The van der Waals surface area contributed by atoms with Crippen molar-refractivity contribution in [3.63, 3.8) is 0 Å². The van der Waals surface area contributed by atoms with Crippen LogP contribution in [0.3, 0.4) is 0 Å². The number of carbonyl (C=O) groups excluding carboxylic acids is 1. The van der Waals surface area contributed by atoms with Crippen LogP contribution in [0.2, 0.25) is 0 Å². The minimum Gasteiger partial charge on any atom is -0.465 e. The largest absolute Gasteiger partial charge is 0.465 e. The number of pyridine rings is 1. The first-order chi connectivity index (χ1) is 12.2. The summed E-state index contributed by atoms with van der Waals surface area (Å²) in [7, 11) is 1.33. The molecule has 4 aromatic rings. The maximum absolute atomic E-state index is 11.8. The molecule has 126 valence electrons. The predicted molar refractivity (Wildman–Crippen MR) is 91.4 cm³/mol. The van der Waals surface area contributed by atoms with Gasteiger partial charge in [-0.1, -0.05) is 6.07 Å². The molecule has 7 heteroatoms. The average Bonchev–Trinajstić information content (AvgIpc) is 3.23. The third kappa shape index (κ3) is 2.69. The van der Waals surface area contributed by atoms with Crippen molar-refractivity contribution in [2.24, 2.45) is 0 Å². The number of oxazole rings is 1. The highest BCUT2D eigenvalue weighted by atomic mass is 16.5. The van der Waals surface area contributed by atoms with E-state index in [1.54, 1.807) is 30.6 Å². The quantitative estimate of drug-likeness (QED) is 0.564. The first kappa shape index (κ1) is 15.2. The average molecular weight is 337 g/mol. The van der Waals surface area contributed by atoms with Gasteiger partial charge in [0.1, 0.15) is 22.4 Å². The summed E-state index contributed by atoms with van der Waals surface area (Å²) in [6.45, 7) is 1.93. The van der Waals surface area contributed by atoms with Crippen LogP contribution in [0.5, 0.6) is 0 Å². The molecular weight excluding hydrogens is 322 g/mol. The molecule has 3 aromatic heterocycles. The Morgan fingerprint density at radius 3 is 2.96 bits per heavy atom. The molecule has 0 aliphatic rings. The first-order valence-corrected chi connectivity index (χ1v) is 7.73. The van der Waals surface area contributed by atoms with Crippen LogP contribution in [0, 0.1) is 0 Å². The van der Waals surface area contributed by atoms with Crippen molar-refractivity contribution in [3.05, 3.63) is 54.0 Å². The number of carbonyl (C=O) groups is 1. The van der Waals surface area contributed by atoms with Crippen LogP contribution in [-0.2, 0) is 4.74 Å². The Hall–Kier alpha value is -3.35. The zero-order valence-corrected chi connectivity index (χ0v) is 13.6. The second-order valence-electron chi connectivity index (χ2n) is 5.59. The highest BCUT2D eigenvalue weighted by molar-refractivity contribution is 6.01. The Labute approximate surface area is 142 Å². The van der Waals surface area contributed by atoms with Crippen molar-refractivity contribution in [3.8, 4) is 0 Å². The lowest BCUT2D eigenvalue weighted by Gasteiger charge is -2.08. The van der Waals surface area contributed by atoms with Gasteiger partial charge in [-0.05, 0) is 31.2 Å². The van der Waals surface area contributed by atoms with Crippen LogP contribution >= 0.6 is 0 Å². The van der Waals surface area contributed by atoms with E-state index in [1.807, 2.05) is 19.1 Å². The molecule has 25 heavy (non-hydrogen) atoms.